The van der Waals surface area contributed by atoms with Gasteiger partial charge in [0.15, 0.2) is 0 Å². The number of benzene rings is 2. The Morgan fingerprint density at radius 3 is 2.33 bits per heavy atom. The van der Waals surface area contributed by atoms with E-state index in [9.17, 15) is 23.4 Å². The van der Waals surface area contributed by atoms with Gasteiger partial charge in [0.25, 0.3) is 10.0 Å². The lowest BCUT2D eigenvalue weighted by molar-refractivity contribution is 0.206. The number of hydrogen-bond donors (Lipinski definition) is 2. The van der Waals surface area contributed by atoms with E-state index in [0.29, 0.717) is 17.9 Å². The van der Waals surface area contributed by atoms with Gasteiger partial charge in [0.1, 0.15) is 11.5 Å². The van der Waals surface area contributed by atoms with E-state index < -0.39 is 16.1 Å². The molecule has 0 aliphatic carbocycles. The van der Waals surface area contributed by atoms with Crippen molar-refractivity contribution >= 4 is 21.8 Å². The minimum absolute atomic E-state index is 0.0475. The van der Waals surface area contributed by atoms with E-state index in [0.717, 1.165) is 6.07 Å². The maximum absolute atomic E-state index is 12.8. The van der Waals surface area contributed by atoms with Crippen molar-refractivity contribution in [2.75, 3.05) is 10.9 Å². The number of aromatic hydroxyl groups is 1. The second-order valence-corrected chi connectivity index (χ2v) is 6.68. The van der Waals surface area contributed by atoms with Gasteiger partial charge in [-0.1, -0.05) is 6.07 Å². The molecule has 0 saturated heterocycles. The third kappa shape index (κ3) is 3.43. The second-order valence-electron chi connectivity index (χ2n) is 4.93. The van der Waals surface area contributed by atoms with Crippen molar-refractivity contribution in [3.63, 3.8) is 0 Å². The maximum Gasteiger partial charge on any atom is 0.426 e. The molecule has 7 nitrogen and oxygen atoms in total. The van der Waals surface area contributed by atoms with Gasteiger partial charge in [-0.3, -0.25) is 0 Å². The van der Waals surface area contributed by atoms with Gasteiger partial charge in [0.05, 0.1) is 17.2 Å². The van der Waals surface area contributed by atoms with Gasteiger partial charge in [0, 0.05) is 6.07 Å². The lowest BCUT2D eigenvalue weighted by Crippen LogP contribution is -2.36. The molecule has 128 valence electrons. The Balaban J connectivity index is 2.53. The summed E-state index contributed by atoms with van der Waals surface area (Å²) in [5, 5.41) is 18.9. The summed E-state index contributed by atoms with van der Waals surface area (Å²) < 4.78 is 31.0. The molecule has 0 spiro atoms. The van der Waals surface area contributed by atoms with Crippen molar-refractivity contribution in [1.82, 2.24) is 0 Å². The topological polar surface area (TPSA) is 104 Å². The van der Waals surface area contributed by atoms with E-state index in [1.54, 1.807) is 6.92 Å². The lowest BCUT2D eigenvalue weighted by Gasteiger charge is -2.20. The summed E-state index contributed by atoms with van der Waals surface area (Å²) in [7, 11) is -4.40. The molecule has 0 fully saturated rings. The molecule has 0 aliphatic heterocycles. The van der Waals surface area contributed by atoms with E-state index in [-0.39, 0.29) is 20.6 Å². The molecule has 0 heterocycles. The summed E-state index contributed by atoms with van der Waals surface area (Å²) in [6.07, 6.45) is -1.65. The van der Waals surface area contributed by atoms with Crippen LogP contribution in [-0.4, -0.2) is 31.3 Å². The van der Waals surface area contributed by atoms with E-state index in [1.165, 1.54) is 43.3 Å². The number of amides is 1. The molecular formula is C16H17NO6S. The molecule has 0 radical (unpaired) electrons. The number of phenolic OH excluding ortho intramolecular Hbond substituents is 1. The molecule has 8 heteroatoms. The van der Waals surface area contributed by atoms with Crippen molar-refractivity contribution in [3.05, 3.63) is 48.0 Å². The van der Waals surface area contributed by atoms with E-state index in [2.05, 4.69) is 0 Å². The third-order valence-corrected chi connectivity index (χ3v) is 5.09. The fraction of sp³-hybridized carbons (Fsp3) is 0.188. The van der Waals surface area contributed by atoms with E-state index in [1.807, 2.05) is 0 Å². The summed E-state index contributed by atoms with van der Waals surface area (Å²) >= 11 is 0. The Labute approximate surface area is 139 Å². The summed E-state index contributed by atoms with van der Waals surface area (Å²) in [5.74, 6) is 0.230. The smallest absolute Gasteiger partial charge is 0.426 e. The average molecular weight is 351 g/mol. The van der Waals surface area contributed by atoms with Crippen LogP contribution in [0.1, 0.15) is 12.5 Å². The molecule has 0 aliphatic rings. The first-order valence-corrected chi connectivity index (χ1v) is 8.52. The molecule has 2 aromatic rings. The molecule has 24 heavy (non-hydrogen) atoms. The van der Waals surface area contributed by atoms with Gasteiger partial charge in [0.2, 0.25) is 0 Å². The van der Waals surface area contributed by atoms with Gasteiger partial charge >= 0.3 is 6.09 Å². The highest BCUT2D eigenvalue weighted by atomic mass is 32.2. The van der Waals surface area contributed by atoms with Crippen LogP contribution in [-0.2, 0) is 10.0 Å². The zero-order chi connectivity index (χ0) is 17.9. The first-order valence-electron chi connectivity index (χ1n) is 7.08. The number of aryl methyl sites for hydroxylation is 1. The number of phenols is 1. The molecule has 0 unspecified atom stereocenters. The molecular weight excluding hydrogens is 334 g/mol. The summed E-state index contributed by atoms with van der Waals surface area (Å²) in [6, 6.07) is 9.41. The number of carbonyl (C=O) groups is 1. The van der Waals surface area contributed by atoms with Gasteiger partial charge in [-0.05, 0) is 49.7 Å². The van der Waals surface area contributed by atoms with Crippen LogP contribution in [0.2, 0.25) is 0 Å². The van der Waals surface area contributed by atoms with Crippen molar-refractivity contribution in [2.45, 2.75) is 18.7 Å². The van der Waals surface area contributed by atoms with Gasteiger partial charge < -0.3 is 14.9 Å². The molecule has 0 atom stereocenters. The number of carboxylic acid groups (broad SMARTS) is 1. The monoisotopic (exact) mass is 351 g/mol. The minimum atomic E-state index is -4.40. The Hall–Kier alpha value is -2.74. The SMILES string of the molecule is CCOc1ccc(N(C(=O)O)S(=O)(=O)c2cc(O)ccc2C)cc1. The number of hydrogen-bond acceptors (Lipinski definition) is 5. The van der Waals surface area contributed by atoms with Crippen LogP contribution in [0.4, 0.5) is 10.5 Å². The standard InChI is InChI=1S/C16H17NO6S/c1-3-23-14-8-5-12(6-9-14)17(16(19)20)24(21,22)15-10-13(18)7-4-11(15)2/h4-10,18H,3H2,1-2H3,(H,19,20). The van der Waals surface area contributed by atoms with Crippen LogP contribution >= 0.6 is 0 Å². The normalized spacial score (nSPS) is 11.1. The minimum Gasteiger partial charge on any atom is -0.508 e. The maximum atomic E-state index is 12.8. The van der Waals surface area contributed by atoms with Gasteiger partial charge in [-0.2, -0.15) is 4.31 Å². The molecule has 0 bridgehead atoms. The molecule has 1 amide bonds. The fourth-order valence-corrected chi connectivity index (χ4v) is 3.71. The van der Waals surface area contributed by atoms with Crippen molar-refractivity contribution in [3.8, 4) is 11.5 Å². The van der Waals surface area contributed by atoms with Crippen LogP contribution in [0, 0.1) is 6.92 Å². The Morgan fingerprint density at radius 2 is 1.79 bits per heavy atom. The molecule has 0 aromatic heterocycles. The predicted molar refractivity (Wildman–Crippen MR) is 88.1 cm³/mol. The largest absolute Gasteiger partial charge is 0.508 e. The molecule has 2 aromatic carbocycles. The van der Waals surface area contributed by atoms with Crippen LogP contribution < -0.4 is 9.04 Å². The van der Waals surface area contributed by atoms with Crippen molar-refractivity contribution in [2.24, 2.45) is 0 Å². The van der Waals surface area contributed by atoms with Crippen LogP contribution in [0.5, 0.6) is 11.5 Å². The van der Waals surface area contributed by atoms with Crippen LogP contribution in [0.25, 0.3) is 0 Å². The quantitative estimate of drug-likeness (QED) is 0.858. The highest BCUT2D eigenvalue weighted by Crippen LogP contribution is 2.29. The molecule has 2 rings (SSSR count). The van der Waals surface area contributed by atoms with E-state index in [4.69, 9.17) is 4.74 Å². The van der Waals surface area contributed by atoms with Crippen molar-refractivity contribution in [1.29, 1.82) is 0 Å². The highest BCUT2D eigenvalue weighted by molar-refractivity contribution is 7.93. The zero-order valence-electron chi connectivity index (χ0n) is 13.1. The predicted octanol–water partition coefficient (Wildman–Crippen LogP) is 2.97. The average Bonchev–Trinajstić information content (AvgIpc) is 2.51. The second kappa shape index (κ2) is 6.79. The number of sulfonamides is 1. The number of nitrogens with zero attached hydrogens (tertiary/aromatic N) is 1. The lowest BCUT2D eigenvalue weighted by atomic mass is 10.2. The summed E-state index contributed by atoms with van der Waals surface area (Å²) in [4.78, 5) is 11.3. The van der Waals surface area contributed by atoms with E-state index >= 15 is 0 Å². The van der Waals surface area contributed by atoms with Crippen molar-refractivity contribution < 1.29 is 28.2 Å². The Morgan fingerprint density at radius 1 is 1.17 bits per heavy atom. The number of anilines is 1. The number of ether oxygens (including phenoxy) is 1. The van der Waals surface area contributed by atoms with Crippen LogP contribution in [0.3, 0.4) is 0 Å². The fourth-order valence-electron chi connectivity index (χ4n) is 2.16. The molecule has 0 saturated carbocycles. The highest BCUT2D eigenvalue weighted by Gasteiger charge is 2.32. The Kier molecular flexibility index (Phi) is 4.99. The summed E-state index contributed by atoms with van der Waals surface area (Å²) in [5.41, 5.74) is 0.277. The third-order valence-electron chi connectivity index (χ3n) is 3.25. The van der Waals surface area contributed by atoms with Gasteiger partial charge in [-0.25, -0.2) is 13.2 Å². The molecule has 2 N–H and O–H groups in total. The zero-order valence-corrected chi connectivity index (χ0v) is 13.9. The van der Waals surface area contributed by atoms with Crippen LogP contribution in [0.15, 0.2) is 47.4 Å². The summed E-state index contributed by atoms with van der Waals surface area (Å²) in [6.45, 7) is 3.75. The Bertz CT molecular complexity index is 845. The first kappa shape index (κ1) is 17.6. The van der Waals surface area contributed by atoms with Gasteiger partial charge in [-0.15, -0.1) is 0 Å². The first-order chi connectivity index (χ1) is 11.3. The number of rotatable bonds is 5.